The number of rotatable bonds is 2. The molecular formula is C14H16N2O2. The number of aliphatic hydroxyl groups excluding tert-OH is 1. The third kappa shape index (κ3) is 1.78. The highest BCUT2D eigenvalue weighted by molar-refractivity contribution is 5.38. The Morgan fingerprint density at radius 1 is 1.44 bits per heavy atom. The largest absolute Gasteiger partial charge is 0.493 e. The first kappa shape index (κ1) is 11.3. The van der Waals surface area contributed by atoms with E-state index in [4.69, 9.17) is 4.74 Å². The van der Waals surface area contributed by atoms with E-state index in [9.17, 15) is 5.11 Å². The van der Waals surface area contributed by atoms with Gasteiger partial charge in [0.1, 0.15) is 17.7 Å². The third-order valence-electron chi connectivity index (χ3n) is 3.51. The van der Waals surface area contributed by atoms with E-state index in [2.05, 4.69) is 4.98 Å². The Labute approximate surface area is 106 Å². The number of fused-ring (bicyclic) bond motifs is 1. The number of aromatic nitrogens is 2. The Bertz CT molecular complexity index is 550. The maximum atomic E-state index is 10.5. The molecule has 0 aliphatic carbocycles. The van der Waals surface area contributed by atoms with E-state index >= 15 is 0 Å². The summed E-state index contributed by atoms with van der Waals surface area (Å²) >= 11 is 0. The van der Waals surface area contributed by atoms with Crippen molar-refractivity contribution in [2.75, 3.05) is 6.61 Å². The summed E-state index contributed by atoms with van der Waals surface area (Å²) < 4.78 is 7.48. The number of benzene rings is 1. The maximum Gasteiger partial charge on any atom is 0.137 e. The van der Waals surface area contributed by atoms with Crippen molar-refractivity contribution in [1.29, 1.82) is 0 Å². The van der Waals surface area contributed by atoms with E-state index in [1.807, 2.05) is 42.1 Å². The number of aryl methyl sites for hydroxylation is 1. The van der Waals surface area contributed by atoms with Crippen molar-refractivity contribution in [2.45, 2.75) is 18.4 Å². The average molecular weight is 244 g/mol. The molecule has 1 aromatic heterocycles. The smallest absolute Gasteiger partial charge is 0.137 e. The highest BCUT2D eigenvalue weighted by Crippen LogP contribution is 2.40. The minimum Gasteiger partial charge on any atom is -0.493 e. The van der Waals surface area contributed by atoms with Crippen LogP contribution >= 0.6 is 0 Å². The van der Waals surface area contributed by atoms with Crippen LogP contribution in [0.4, 0.5) is 0 Å². The minimum atomic E-state index is -0.588. The van der Waals surface area contributed by atoms with Crippen molar-refractivity contribution >= 4 is 0 Å². The van der Waals surface area contributed by atoms with Gasteiger partial charge in [-0.2, -0.15) is 0 Å². The fraction of sp³-hybridized carbons (Fsp3) is 0.357. The number of imidazole rings is 1. The molecule has 1 aliphatic rings. The second-order valence-corrected chi connectivity index (χ2v) is 4.62. The summed E-state index contributed by atoms with van der Waals surface area (Å²) in [6, 6.07) is 7.90. The van der Waals surface area contributed by atoms with E-state index in [0.717, 1.165) is 17.7 Å². The van der Waals surface area contributed by atoms with Crippen molar-refractivity contribution in [3.63, 3.8) is 0 Å². The van der Waals surface area contributed by atoms with E-state index in [1.54, 1.807) is 6.20 Å². The van der Waals surface area contributed by atoms with Gasteiger partial charge in [0.2, 0.25) is 0 Å². The number of para-hydroxylation sites is 1. The quantitative estimate of drug-likeness (QED) is 0.879. The molecule has 18 heavy (non-hydrogen) atoms. The van der Waals surface area contributed by atoms with Crippen molar-refractivity contribution < 1.29 is 9.84 Å². The van der Waals surface area contributed by atoms with Crippen LogP contribution in [0.3, 0.4) is 0 Å². The van der Waals surface area contributed by atoms with Crippen LogP contribution in [0.25, 0.3) is 0 Å². The molecule has 4 nitrogen and oxygen atoms in total. The van der Waals surface area contributed by atoms with Crippen molar-refractivity contribution in [3.8, 4) is 5.75 Å². The van der Waals surface area contributed by atoms with Gasteiger partial charge in [0.25, 0.3) is 0 Å². The van der Waals surface area contributed by atoms with Crippen LogP contribution in [0.5, 0.6) is 5.75 Å². The Morgan fingerprint density at radius 3 is 3.06 bits per heavy atom. The third-order valence-corrected chi connectivity index (χ3v) is 3.51. The van der Waals surface area contributed by atoms with Gasteiger partial charge in [0, 0.05) is 30.9 Å². The van der Waals surface area contributed by atoms with Gasteiger partial charge in [-0.1, -0.05) is 18.2 Å². The van der Waals surface area contributed by atoms with Gasteiger partial charge in [0.05, 0.1) is 6.61 Å². The van der Waals surface area contributed by atoms with Gasteiger partial charge in [-0.25, -0.2) is 4.98 Å². The summed E-state index contributed by atoms with van der Waals surface area (Å²) in [5, 5.41) is 10.5. The predicted molar refractivity (Wildman–Crippen MR) is 67.5 cm³/mol. The zero-order valence-electron chi connectivity index (χ0n) is 10.3. The average Bonchev–Trinajstić information content (AvgIpc) is 2.83. The second-order valence-electron chi connectivity index (χ2n) is 4.62. The number of hydrogen-bond acceptors (Lipinski definition) is 3. The van der Waals surface area contributed by atoms with Gasteiger partial charge in [-0.3, -0.25) is 0 Å². The number of aliphatic hydroxyl groups is 1. The van der Waals surface area contributed by atoms with Gasteiger partial charge in [0.15, 0.2) is 0 Å². The highest BCUT2D eigenvalue weighted by Gasteiger charge is 2.30. The summed E-state index contributed by atoms with van der Waals surface area (Å²) in [6.07, 6.45) is 3.79. The summed E-state index contributed by atoms with van der Waals surface area (Å²) in [4.78, 5) is 4.24. The SMILES string of the molecule is Cn1ccnc1C(O)C1CCOc2ccccc21. The van der Waals surface area contributed by atoms with Crippen molar-refractivity contribution in [1.82, 2.24) is 9.55 Å². The Balaban J connectivity index is 1.97. The molecule has 0 saturated carbocycles. The maximum absolute atomic E-state index is 10.5. The molecule has 0 amide bonds. The number of hydrogen-bond donors (Lipinski definition) is 1. The Kier molecular flexibility index (Phi) is 2.80. The fourth-order valence-electron chi connectivity index (χ4n) is 2.54. The van der Waals surface area contributed by atoms with Crippen molar-refractivity contribution in [3.05, 3.63) is 48.0 Å². The standard InChI is InChI=1S/C14H16N2O2/c1-16-8-7-15-14(16)13(17)11-6-9-18-12-5-3-2-4-10(11)12/h2-5,7-8,11,13,17H,6,9H2,1H3. The molecular weight excluding hydrogens is 228 g/mol. The molecule has 0 spiro atoms. The lowest BCUT2D eigenvalue weighted by atomic mass is 9.88. The molecule has 1 N–H and O–H groups in total. The molecule has 4 heteroatoms. The summed E-state index contributed by atoms with van der Waals surface area (Å²) in [5.41, 5.74) is 1.07. The first-order valence-corrected chi connectivity index (χ1v) is 6.14. The van der Waals surface area contributed by atoms with Gasteiger partial charge >= 0.3 is 0 Å². The van der Waals surface area contributed by atoms with Gasteiger partial charge < -0.3 is 14.4 Å². The summed E-state index contributed by atoms with van der Waals surface area (Å²) in [5.74, 6) is 1.63. The van der Waals surface area contributed by atoms with Crippen LogP contribution in [0.2, 0.25) is 0 Å². The summed E-state index contributed by atoms with van der Waals surface area (Å²) in [6.45, 7) is 0.642. The predicted octanol–water partition coefficient (Wildman–Crippen LogP) is 2.02. The molecule has 3 rings (SSSR count). The molecule has 2 aromatic rings. The summed E-state index contributed by atoms with van der Waals surface area (Å²) in [7, 11) is 1.90. The van der Waals surface area contributed by atoms with E-state index in [-0.39, 0.29) is 5.92 Å². The lowest BCUT2D eigenvalue weighted by Crippen LogP contribution is -2.21. The number of ether oxygens (including phenoxy) is 1. The lowest BCUT2D eigenvalue weighted by molar-refractivity contribution is 0.107. The zero-order valence-corrected chi connectivity index (χ0v) is 10.3. The van der Waals surface area contributed by atoms with Crippen molar-refractivity contribution in [2.24, 2.45) is 7.05 Å². The van der Waals surface area contributed by atoms with E-state index in [1.165, 1.54) is 0 Å². The zero-order chi connectivity index (χ0) is 12.5. The molecule has 0 saturated heterocycles. The molecule has 2 atom stereocenters. The Hall–Kier alpha value is -1.81. The van der Waals surface area contributed by atoms with Crippen LogP contribution < -0.4 is 4.74 Å². The van der Waals surface area contributed by atoms with E-state index < -0.39 is 6.10 Å². The molecule has 94 valence electrons. The monoisotopic (exact) mass is 244 g/mol. The first-order chi connectivity index (χ1) is 8.77. The lowest BCUT2D eigenvalue weighted by Gasteiger charge is -2.29. The van der Waals surface area contributed by atoms with Gasteiger partial charge in [-0.05, 0) is 12.5 Å². The topological polar surface area (TPSA) is 47.3 Å². The van der Waals surface area contributed by atoms with Crippen LogP contribution in [0.15, 0.2) is 36.7 Å². The molecule has 1 aliphatic heterocycles. The van der Waals surface area contributed by atoms with Crippen LogP contribution in [0, 0.1) is 0 Å². The highest BCUT2D eigenvalue weighted by atomic mass is 16.5. The number of nitrogens with zero attached hydrogens (tertiary/aromatic N) is 2. The molecule has 0 bridgehead atoms. The molecule has 1 aromatic carbocycles. The fourth-order valence-corrected chi connectivity index (χ4v) is 2.54. The molecule has 2 heterocycles. The normalized spacial score (nSPS) is 20.0. The van der Waals surface area contributed by atoms with Gasteiger partial charge in [-0.15, -0.1) is 0 Å². The molecule has 0 fully saturated rings. The second kappa shape index (κ2) is 4.46. The van der Waals surface area contributed by atoms with Crippen LogP contribution in [-0.2, 0) is 7.05 Å². The Morgan fingerprint density at radius 2 is 2.28 bits per heavy atom. The first-order valence-electron chi connectivity index (χ1n) is 6.14. The molecule has 2 unspecified atom stereocenters. The minimum absolute atomic E-state index is 0.0519. The van der Waals surface area contributed by atoms with Crippen LogP contribution in [0.1, 0.15) is 29.8 Å². The van der Waals surface area contributed by atoms with E-state index in [0.29, 0.717) is 12.4 Å². The van der Waals surface area contributed by atoms with Crippen LogP contribution in [-0.4, -0.2) is 21.3 Å². The molecule has 0 radical (unpaired) electrons.